The average Bonchev–Trinajstić information content (AvgIpc) is 2.40. The number of ether oxygens (including phenoxy) is 1. The minimum absolute atomic E-state index is 0.0367. The normalized spacial score (nSPS) is 10.0. The molecule has 5 nitrogen and oxygen atoms in total. The number of nitro groups is 1. The Morgan fingerprint density at radius 1 is 1.17 bits per heavy atom. The first-order chi connectivity index (χ1) is 8.75. The van der Waals surface area contributed by atoms with Gasteiger partial charge in [0.15, 0.2) is 0 Å². The number of aromatic nitrogens is 1. The molecule has 2 aromatic rings. The van der Waals surface area contributed by atoms with Crippen LogP contribution in [0.4, 0.5) is 5.69 Å². The minimum atomic E-state index is -0.485. The Morgan fingerprint density at radius 3 is 2.56 bits per heavy atom. The van der Waals surface area contributed by atoms with Crippen LogP contribution in [0, 0.1) is 10.1 Å². The van der Waals surface area contributed by atoms with E-state index in [9.17, 15) is 10.1 Å². The first kappa shape index (κ1) is 12.0. The van der Waals surface area contributed by atoms with Crippen LogP contribution in [-0.4, -0.2) is 16.5 Å². The first-order valence-electron chi connectivity index (χ1n) is 5.53. The molecule has 1 heterocycles. The summed E-state index contributed by atoms with van der Waals surface area (Å²) in [7, 11) is 0. The van der Waals surface area contributed by atoms with E-state index in [0.717, 1.165) is 6.42 Å². The number of pyridine rings is 1. The van der Waals surface area contributed by atoms with Gasteiger partial charge in [0, 0.05) is 18.6 Å². The fourth-order valence-electron chi connectivity index (χ4n) is 1.48. The van der Waals surface area contributed by atoms with Crippen LogP contribution in [0.15, 0.2) is 48.7 Å². The zero-order valence-corrected chi connectivity index (χ0v) is 9.65. The topological polar surface area (TPSA) is 65.3 Å². The molecule has 0 N–H and O–H groups in total. The lowest BCUT2D eigenvalue weighted by Gasteiger charge is -2.04. The highest BCUT2D eigenvalue weighted by Crippen LogP contribution is 2.13. The highest BCUT2D eigenvalue weighted by atomic mass is 16.6. The van der Waals surface area contributed by atoms with E-state index in [1.807, 2.05) is 30.3 Å². The van der Waals surface area contributed by atoms with E-state index >= 15 is 0 Å². The number of hydrogen-bond acceptors (Lipinski definition) is 4. The Labute approximate surface area is 104 Å². The summed E-state index contributed by atoms with van der Waals surface area (Å²) in [6, 6.07) is 12.8. The van der Waals surface area contributed by atoms with Crippen molar-refractivity contribution in [3.8, 4) is 5.88 Å². The van der Waals surface area contributed by atoms with E-state index in [2.05, 4.69) is 4.98 Å². The van der Waals surface area contributed by atoms with E-state index in [1.54, 1.807) is 0 Å². The van der Waals surface area contributed by atoms with Gasteiger partial charge >= 0.3 is 0 Å². The zero-order chi connectivity index (χ0) is 12.8. The quantitative estimate of drug-likeness (QED) is 0.599. The van der Waals surface area contributed by atoms with E-state index in [-0.39, 0.29) is 5.69 Å². The molecule has 0 saturated heterocycles. The Balaban J connectivity index is 1.85. The van der Waals surface area contributed by atoms with E-state index < -0.39 is 4.92 Å². The van der Waals surface area contributed by atoms with Crippen molar-refractivity contribution in [3.63, 3.8) is 0 Å². The summed E-state index contributed by atoms with van der Waals surface area (Å²) in [4.78, 5) is 13.8. The molecule has 92 valence electrons. The maximum Gasteiger partial charge on any atom is 0.287 e. The molecule has 0 aliphatic heterocycles. The van der Waals surface area contributed by atoms with Gasteiger partial charge in [-0.2, -0.15) is 0 Å². The summed E-state index contributed by atoms with van der Waals surface area (Å²) in [5, 5.41) is 10.4. The summed E-state index contributed by atoms with van der Waals surface area (Å²) in [5.41, 5.74) is 1.14. The zero-order valence-electron chi connectivity index (χ0n) is 9.65. The number of nitrogens with zero attached hydrogens (tertiary/aromatic N) is 2. The second-order valence-electron chi connectivity index (χ2n) is 3.70. The van der Waals surface area contributed by atoms with Gasteiger partial charge in [0.1, 0.15) is 6.20 Å². The predicted octanol–water partition coefficient (Wildman–Crippen LogP) is 2.61. The number of benzene rings is 1. The lowest BCUT2D eigenvalue weighted by molar-refractivity contribution is -0.385. The third kappa shape index (κ3) is 3.28. The third-order valence-electron chi connectivity index (χ3n) is 2.42. The molecule has 0 atom stereocenters. The summed E-state index contributed by atoms with van der Waals surface area (Å²) >= 11 is 0. The van der Waals surface area contributed by atoms with Crippen LogP contribution in [0.1, 0.15) is 5.56 Å². The van der Waals surface area contributed by atoms with Crippen LogP contribution >= 0.6 is 0 Å². The van der Waals surface area contributed by atoms with Crippen molar-refractivity contribution in [2.45, 2.75) is 6.42 Å². The maximum atomic E-state index is 10.4. The standard InChI is InChI=1S/C13H12N2O3/c16-15(17)12-6-7-13(14-10-12)18-9-8-11-4-2-1-3-5-11/h1-7,10H,8-9H2. The largest absolute Gasteiger partial charge is 0.477 e. The van der Waals surface area contributed by atoms with Crippen LogP contribution < -0.4 is 4.74 Å². The summed E-state index contributed by atoms with van der Waals surface area (Å²) in [5.74, 6) is 0.400. The molecule has 0 unspecified atom stereocenters. The first-order valence-corrected chi connectivity index (χ1v) is 5.53. The van der Waals surface area contributed by atoms with Crippen LogP contribution in [0.25, 0.3) is 0 Å². The van der Waals surface area contributed by atoms with Gasteiger partial charge in [-0.15, -0.1) is 0 Å². The molecule has 0 amide bonds. The molecule has 0 saturated carbocycles. The monoisotopic (exact) mass is 244 g/mol. The molecular weight excluding hydrogens is 232 g/mol. The maximum absolute atomic E-state index is 10.4. The van der Waals surface area contributed by atoms with Crippen molar-refractivity contribution < 1.29 is 9.66 Å². The molecule has 1 aromatic carbocycles. The highest BCUT2D eigenvalue weighted by Gasteiger charge is 2.05. The van der Waals surface area contributed by atoms with Gasteiger partial charge in [0.05, 0.1) is 11.5 Å². The van der Waals surface area contributed by atoms with Gasteiger partial charge in [-0.3, -0.25) is 10.1 Å². The fraction of sp³-hybridized carbons (Fsp3) is 0.154. The Morgan fingerprint density at radius 2 is 1.94 bits per heavy atom. The van der Waals surface area contributed by atoms with E-state index in [1.165, 1.54) is 23.9 Å². The van der Waals surface area contributed by atoms with Crippen LogP contribution in [0.5, 0.6) is 5.88 Å². The molecule has 0 spiro atoms. The third-order valence-corrected chi connectivity index (χ3v) is 2.42. The van der Waals surface area contributed by atoms with Gasteiger partial charge in [-0.25, -0.2) is 4.98 Å². The second-order valence-corrected chi connectivity index (χ2v) is 3.70. The molecule has 2 rings (SSSR count). The van der Waals surface area contributed by atoms with E-state index in [0.29, 0.717) is 12.5 Å². The summed E-state index contributed by atoms with van der Waals surface area (Å²) < 4.78 is 5.41. The van der Waals surface area contributed by atoms with Crippen molar-refractivity contribution in [2.75, 3.05) is 6.61 Å². The van der Waals surface area contributed by atoms with Gasteiger partial charge < -0.3 is 4.74 Å². The minimum Gasteiger partial charge on any atom is -0.477 e. The average molecular weight is 244 g/mol. The Kier molecular flexibility index (Phi) is 3.86. The summed E-state index contributed by atoms with van der Waals surface area (Å²) in [6.07, 6.45) is 1.97. The lowest BCUT2D eigenvalue weighted by Crippen LogP contribution is -2.02. The molecule has 0 radical (unpaired) electrons. The summed E-state index contributed by atoms with van der Waals surface area (Å²) in [6.45, 7) is 0.495. The molecule has 0 aliphatic carbocycles. The highest BCUT2D eigenvalue weighted by molar-refractivity contribution is 5.28. The lowest BCUT2D eigenvalue weighted by atomic mass is 10.2. The van der Waals surface area contributed by atoms with Crippen molar-refractivity contribution in [3.05, 3.63) is 64.3 Å². The number of rotatable bonds is 5. The molecule has 5 heteroatoms. The molecule has 0 bridgehead atoms. The van der Waals surface area contributed by atoms with Gasteiger partial charge in [0.25, 0.3) is 5.69 Å². The van der Waals surface area contributed by atoms with Crippen molar-refractivity contribution >= 4 is 5.69 Å². The van der Waals surface area contributed by atoms with Crippen molar-refractivity contribution in [2.24, 2.45) is 0 Å². The van der Waals surface area contributed by atoms with Crippen LogP contribution in [0.3, 0.4) is 0 Å². The Bertz CT molecular complexity index is 512. The van der Waals surface area contributed by atoms with Crippen LogP contribution in [-0.2, 0) is 6.42 Å². The van der Waals surface area contributed by atoms with Gasteiger partial charge in [0.2, 0.25) is 5.88 Å². The molecule has 1 aromatic heterocycles. The molecule has 0 aliphatic rings. The van der Waals surface area contributed by atoms with Gasteiger partial charge in [-0.1, -0.05) is 30.3 Å². The number of hydrogen-bond donors (Lipinski definition) is 0. The van der Waals surface area contributed by atoms with Gasteiger partial charge in [-0.05, 0) is 5.56 Å². The van der Waals surface area contributed by atoms with E-state index in [4.69, 9.17) is 4.74 Å². The molecule has 18 heavy (non-hydrogen) atoms. The second kappa shape index (κ2) is 5.77. The van der Waals surface area contributed by atoms with Crippen molar-refractivity contribution in [1.82, 2.24) is 4.98 Å². The smallest absolute Gasteiger partial charge is 0.287 e. The fourth-order valence-corrected chi connectivity index (χ4v) is 1.48. The Hall–Kier alpha value is -2.43. The van der Waals surface area contributed by atoms with Crippen molar-refractivity contribution in [1.29, 1.82) is 0 Å². The predicted molar refractivity (Wildman–Crippen MR) is 66.5 cm³/mol. The van der Waals surface area contributed by atoms with Crippen LogP contribution in [0.2, 0.25) is 0 Å². The molecule has 0 fully saturated rings. The molecular formula is C13H12N2O3. The SMILES string of the molecule is O=[N+]([O-])c1ccc(OCCc2ccccc2)nc1.